The van der Waals surface area contributed by atoms with Gasteiger partial charge >= 0.3 is 12.1 Å². The van der Waals surface area contributed by atoms with Crippen LogP contribution in [0.3, 0.4) is 0 Å². The van der Waals surface area contributed by atoms with Crippen LogP contribution in [-0.2, 0) is 15.7 Å². The van der Waals surface area contributed by atoms with Gasteiger partial charge in [-0.05, 0) is 30.2 Å². The number of esters is 1. The molecule has 1 heterocycles. The van der Waals surface area contributed by atoms with Gasteiger partial charge in [0.25, 0.3) is 0 Å². The molecular weight excluding hydrogens is 247 g/mol. The Morgan fingerprint density at radius 2 is 2.06 bits per heavy atom. The van der Waals surface area contributed by atoms with Crippen LogP contribution >= 0.6 is 0 Å². The van der Waals surface area contributed by atoms with Crippen molar-refractivity contribution in [1.29, 1.82) is 0 Å². The molecule has 0 N–H and O–H groups in total. The molecule has 0 radical (unpaired) electrons. The number of benzene rings is 1. The molecule has 3 nitrogen and oxygen atoms in total. The third-order valence-corrected chi connectivity index (χ3v) is 2.42. The first-order valence-electron chi connectivity index (χ1n) is 5.01. The number of carbonyl (C=O) groups is 1. The van der Waals surface area contributed by atoms with E-state index < -0.39 is 17.7 Å². The maximum Gasteiger partial charge on any atom is 0.416 e. The number of cyclic esters (lactones) is 1. The largest absolute Gasteiger partial charge is 0.416 e. The summed E-state index contributed by atoms with van der Waals surface area (Å²) >= 11 is 0. The minimum Gasteiger partial charge on any atom is -0.410 e. The van der Waals surface area contributed by atoms with Crippen LogP contribution in [0.25, 0.3) is 6.08 Å². The Bertz CT molecular complexity index is 559. The fourth-order valence-corrected chi connectivity index (χ4v) is 1.59. The van der Waals surface area contributed by atoms with E-state index in [1.807, 2.05) is 0 Å². The molecule has 94 valence electrons. The molecule has 0 atom stereocenters. The quantitative estimate of drug-likeness (QED) is 0.571. The summed E-state index contributed by atoms with van der Waals surface area (Å²) in [7, 11) is 0. The Labute approximate surface area is 101 Å². The fraction of sp³-hybridized carbons (Fsp3) is 0.167. The van der Waals surface area contributed by atoms with Gasteiger partial charge < -0.3 is 4.74 Å². The molecule has 1 aliphatic heterocycles. The van der Waals surface area contributed by atoms with Crippen molar-refractivity contribution in [2.24, 2.45) is 4.99 Å². The highest BCUT2D eigenvalue weighted by Crippen LogP contribution is 2.32. The van der Waals surface area contributed by atoms with E-state index in [1.54, 1.807) is 0 Å². The van der Waals surface area contributed by atoms with Crippen LogP contribution in [-0.4, -0.2) is 12.4 Å². The van der Waals surface area contributed by atoms with Crippen LogP contribution in [0, 0.1) is 6.92 Å². The van der Waals surface area contributed by atoms with Crippen LogP contribution in [0.15, 0.2) is 28.9 Å². The van der Waals surface area contributed by atoms with Gasteiger partial charge in [0.05, 0.1) is 5.56 Å². The van der Waals surface area contributed by atoms with E-state index in [4.69, 9.17) is 0 Å². The predicted molar refractivity (Wildman–Crippen MR) is 58.7 cm³/mol. The lowest BCUT2D eigenvalue weighted by molar-refractivity contribution is -0.138. The zero-order chi connectivity index (χ0) is 13.3. The van der Waals surface area contributed by atoms with Crippen LogP contribution < -0.4 is 0 Å². The number of rotatable bonds is 1. The average molecular weight is 255 g/mol. The molecular formula is C12H8F3NO2. The summed E-state index contributed by atoms with van der Waals surface area (Å²) in [6.07, 6.45) is -2.01. The molecule has 0 spiro atoms. The van der Waals surface area contributed by atoms with Gasteiger partial charge in [-0.2, -0.15) is 13.2 Å². The maximum atomic E-state index is 12.5. The van der Waals surface area contributed by atoms with Crippen molar-refractivity contribution in [2.45, 2.75) is 13.1 Å². The maximum absolute atomic E-state index is 12.5. The highest BCUT2D eigenvalue weighted by atomic mass is 19.4. The molecule has 0 fully saturated rings. The third-order valence-electron chi connectivity index (χ3n) is 2.42. The summed E-state index contributed by atoms with van der Waals surface area (Å²) in [5.74, 6) is -0.618. The second kappa shape index (κ2) is 4.29. The predicted octanol–water partition coefficient (Wildman–Crippen LogP) is 2.94. The number of hydrogen-bond donors (Lipinski definition) is 0. The molecule has 0 saturated heterocycles. The zero-order valence-electron chi connectivity index (χ0n) is 9.28. The van der Waals surface area contributed by atoms with E-state index in [1.165, 1.54) is 25.1 Å². The second-order valence-corrected chi connectivity index (χ2v) is 3.74. The first kappa shape index (κ1) is 12.3. The van der Waals surface area contributed by atoms with Gasteiger partial charge in [-0.25, -0.2) is 9.79 Å². The summed E-state index contributed by atoms with van der Waals surface area (Å²) in [5.41, 5.74) is -0.0741. The molecule has 6 heteroatoms. The Morgan fingerprint density at radius 1 is 1.33 bits per heavy atom. The summed E-state index contributed by atoms with van der Waals surface area (Å²) in [6.45, 7) is 1.36. The molecule has 0 aromatic heterocycles. The minimum absolute atomic E-state index is 0.0640. The first-order chi connectivity index (χ1) is 8.38. The number of carbonyl (C=O) groups excluding carboxylic acids is 1. The van der Waals surface area contributed by atoms with Crippen molar-refractivity contribution in [3.8, 4) is 0 Å². The van der Waals surface area contributed by atoms with Crippen molar-refractivity contribution >= 4 is 18.4 Å². The number of nitrogens with zero attached hydrogens (tertiary/aromatic N) is 1. The molecule has 0 unspecified atom stereocenters. The molecule has 0 aliphatic carbocycles. The first-order valence-corrected chi connectivity index (χ1v) is 5.01. The van der Waals surface area contributed by atoms with Crippen LogP contribution in [0.1, 0.15) is 16.7 Å². The van der Waals surface area contributed by atoms with Crippen LogP contribution in [0.4, 0.5) is 13.2 Å². The normalized spacial score (nSPS) is 17.3. The summed E-state index contributed by atoms with van der Waals surface area (Å²) in [6, 6.07) is 3.60. The van der Waals surface area contributed by atoms with Crippen molar-refractivity contribution in [2.75, 3.05) is 0 Å². The molecule has 0 saturated carbocycles. The number of halogens is 3. The number of aryl methyl sites for hydroxylation is 1. The second-order valence-electron chi connectivity index (χ2n) is 3.74. The Hall–Kier alpha value is -2.11. The standard InChI is InChI=1S/C12H8F3NO2/c1-7-4-8(2-3-9(7)12(13,14)15)5-10-11(17)18-6-16-10/h2-6H,1H3/b10-5-. The number of hydrogen-bond acceptors (Lipinski definition) is 3. The van der Waals surface area contributed by atoms with Gasteiger partial charge in [-0.1, -0.05) is 12.1 Å². The highest BCUT2D eigenvalue weighted by molar-refractivity contribution is 6.01. The van der Waals surface area contributed by atoms with Gasteiger partial charge in [0.1, 0.15) is 0 Å². The van der Waals surface area contributed by atoms with Gasteiger partial charge in [-0.3, -0.25) is 0 Å². The minimum atomic E-state index is -4.37. The molecule has 2 rings (SSSR count). The van der Waals surface area contributed by atoms with E-state index in [0.29, 0.717) is 5.56 Å². The fourth-order valence-electron chi connectivity index (χ4n) is 1.59. The van der Waals surface area contributed by atoms with E-state index in [2.05, 4.69) is 9.73 Å². The number of alkyl halides is 3. The SMILES string of the molecule is Cc1cc(/C=C2\N=COC2=O)ccc1C(F)(F)F. The van der Waals surface area contributed by atoms with Crippen LogP contribution in [0.2, 0.25) is 0 Å². The van der Waals surface area contributed by atoms with Crippen molar-refractivity contribution in [1.82, 2.24) is 0 Å². The lowest BCUT2D eigenvalue weighted by Gasteiger charge is -2.10. The third kappa shape index (κ3) is 2.42. The molecule has 0 amide bonds. The molecule has 1 aromatic rings. The summed E-state index contributed by atoms with van der Waals surface area (Å²) in [5, 5.41) is 0. The van der Waals surface area contributed by atoms with Gasteiger partial charge in [0, 0.05) is 0 Å². The molecule has 0 bridgehead atoms. The topological polar surface area (TPSA) is 38.7 Å². The summed E-state index contributed by atoms with van der Waals surface area (Å²) in [4.78, 5) is 14.7. The molecule has 18 heavy (non-hydrogen) atoms. The van der Waals surface area contributed by atoms with Gasteiger partial charge in [-0.15, -0.1) is 0 Å². The van der Waals surface area contributed by atoms with Crippen molar-refractivity contribution in [3.63, 3.8) is 0 Å². The van der Waals surface area contributed by atoms with Crippen molar-refractivity contribution < 1.29 is 22.7 Å². The van der Waals surface area contributed by atoms with E-state index >= 15 is 0 Å². The average Bonchev–Trinajstić information content (AvgIpc) is 2.62. The van der Waals surface area contributed by atoms with Crippen LogP contribution in [0.5, 0.6) is 0 Å². The monoisotopic (exact) mass is 255 g/mol. The van der Waals surface area contributed by atoms with E-state index in [9.17, 15) is 18.0 Å². The van der Waals surface area contributed by atoms with E-state index in [-0.39, 0.29) is 11.3 Å². The van der Waals surface area contributed by atoms with Gasteiger partial charge in [0.2, 0.25) is 0 Å². The summed E-state index contributed by atoms with van der Waals surface area (Å²) < 4.78 is 42.1. The molecule has 1 aromatic carbocycles. The van der Waals surface area contributed by atoms with Gasteiger partial charge in [0.15, 0.2) is 12.1 Å². The Kier molecular flexibility index (Phi) is 2.94. The smallest absolute Gasteiger partial charge is 0.410 e. The zero-order valence-corrected chi connectivity index (χ0v) is 9.28. The Morgan fingerprint density at radius 3 is 2.56 bits per heavy atom. The molecule has 1 aliphatic rings. The lowest BCUT2D eigenvalue weighted by atomic mass is 10.0. The lowest BCUT2D eigenvalue weighted by Crippen LogP contribution is -2.07. The van der Waals surface area contributed by atoms with E-state index in [0.717, 1.165) is 12.5 Å². The number of ether oxygens (including phenoxy) is 1. The Balaban J connectivity index is 2.36. The van der Waals surface area contributed by atoms with Crippen molar-refractivity contribution in [3.05, 3.63) is 40.6 Å². The number of aliphatic imine (C=N–C) groups is 1. The highest BCUT2D eigenvalue weighted by Gasteiger charge is 2.32.